The number of rotatable bonds is 5. The van der Waals surface area contributed by atoms with Crippen molar-refractivity contribution in [3.63, 3.8) is 0 Å². The maximum absolute atomic E-state index is 10.6. The number of benzene rings is 1. The van der Waals surface area contributed by atoms with Gasteiger partial charge in [-0.1, -0.05) is 0 Å². The molecular formula is C13H9NO5. The summed E-state index contributed by atoms with van der Waals surface area (Å²) in [5, 5.41) is 8.69. The first-order valence-corrected chi connectivity index (χ1v) is 5.32. The van der Waals surface area contributed by atoms with Crippen molar-refractivity contribution in [2.24, 2.45) is 4.99 Å². The van der Waals surface area contributed by atoms with Gasteiger partial charge in [0.25, 0.3) is 0 Å². The van der Waals surface area contributed by atoms with Crippen LogP contribution < -0.4 is 4.74 Å². The average Bonchev–Trinajstić information content (AvgIpc) is 2.87. The molecule has 0 amide bonds. The van der Waals surface area contributed by atoms with Crippen molar-refractivity contribution in [1.29, 1.82) is 0 Å². The van der Waals surface area contributed by atoms with Crippen LogP contribution in [0.15, 0.2) is 45.8 Å². The number of aliphatic imine (C=N–C) groups is 1. The van der Waals surface area contributed by atoms with Crippen LogP contribution in [-0.4, -0.2) is 17.2 Å². The zero-order valence-electron chi connectivity index (χ0n) is 9.70. The number of carbonyl (C=O) groups is 1. The fourth-order valence-corrected chi connectivity index (χ4v) is 1.39. The first-order chi connectivity index (χ1) is 9.19. The summed E-state index contributed by atoms with van der Waals surface area (Å²) in [6.45, 7) is 0.115. The Balaban J connectivity index is 1.97. The molecule has 6 nitrogen and oxygen atoms in total. The molecular weight excluding hydrogens is 250 g/mol. The second-order valence-electron chi connectivity index (χ2n) is 3.56. The molecule has 0 unspecified atom stereocenters. The molecule has 96 valence electrons. The highest BCUT2D eigenvalue weighted by atomic mass is 16.5. The van der Waals surface area contributed by atoms with Gasteiger partial charge in [-0.15, -0.1) is 0 Å². The van der Waals surface area contributed by atoms with E-state index >= 15 is 0 Å². The molecule has 1 heterocycles. The molecule has 19 heavy (non-hydrogen) atoms. The summed E-state index contributed by atoms with van der Waals surface area (Å²) in [6.07, 6.45) is 1.44. The van der Waals surface area contributed by atoms with E-state index in [0.29, 0.717) is 17.2 Å². The Morgan fingerprint density at radius 3 is 2.58 bits per heavy atom. The predicted molar refractivity (Wildman–Crippen MR) is 64.2 cm³/mol. The molecule has 0 saturated heterocycles. The molecule has 2 aromatic rings. The standard InChI is InChI=1S/C13H9NO5/c15-8-14-9-1-3-10(4-2-9)18-7-11-5-6-12(19-11)13(16)17/h1-6H,7H2,(H,16,17). The number of carbonyl (C=O) groups excluding carboxylic acids is 1. The van der Waals surface area contributed by atoms with Gasteiger partial charge in [-0.3, -0.25) is 0 Å². The highest BCUT2D eigenvalue weighted by molar-refractivity contribution is 5.84. The van der Waals surface area contributed by atoms with Crippen molar-refractivity contribution in [3.8, 4) is 5.75 Å². The summed E-state index contributed by atoms with van der Waals surface area (Å²) in [6, 6.07) is 9.38. The van der Waals surface area contributed by atoms with Crippen LogP contribution in [0.3, 0.4) is 0 Å². The third-order valence-corrected chi connectivity index (χ3v) is 2.26. The second-order valence-corrected chi connectivity index (χ2v) is 3.56. The van der Waals surface area contributed by atoms with E-state index in [9.17, 15) is 9.59 Å². The normalized spacial score (nSPS) is 9.68. The monoisotopic (exact) mass is 259 g/mol. The molecule has 1 N–H and O–H groups in total. The first kappa shape index (κ1) is 12.6. The van der Waals surface area contributed by atoms with Crippen LogP contribution in [-0.2, 0) is 11.4 Å². The van der Waals surface area contributed by atoms with Crippen molar-refractivity contribution in [2.75, 3.05) is 0 Å². The quantitative estimate of drug-likeness (QED) is 0.658. The van der Waals surface area contributed by atoms with E-state index in [1.54, 1.807) is 24.3 Å². The van der Waals surface area contributed by atoms with E-state index in [1.165, 1.54) is 18.2 Å². The van der Waals surface area contributed by atoms with E-state index in [1.807, 2.05) is 0 Å². The van der Waals surface area contributed by atoms with Gasteiger partial charge in [0, 0.05) is 0 Å². The van der Waals surface area contributed by atoms with Crippen LogP contribution in [0.1, 0.15) is 16.3 Å². The lowest BCUT2D eigenvalue weighted by atomic mass is 10.3. The second kappa shape index (κ2) is 5.66. The van der Waals surface area contributed by atoms with Gasteiger partial charge >= 0.3 is 5.97 Å². The van der Waals surface area contributed by atoms with Crippen LogP contribution in [0.25, 0.3) is 0 Å². The summed E-state index contributed by atoms with van der Waals surface area (Å²) < 4.78 is 10.4. The van der Waals surface area contributed by atoms with E-state index in [4.69, 9.17) is 14.3 Å². The molecule has 1 aromatic carbocycles. The van der Waals surface area contributed by atoms with Crippen molar-refractivity contribution >= 4 is 17.7 Å². The molecule has 0 aliphatic heterocycles. The third kappa shape index (κ3) is 3.31. The van der Waals surface area contributed by atoms with E-state index in [0.717, 1.165) is 0 Å². The molecule has 0 fully saturated rings. The van der Waals surface area contributed by atoms with Crippen LogP contribution >= 0.6 is 0 Å². The van der Waals surface area contributed by atoms with Crippen molar-refractivity contribution in [1.82, 2.24) is 0 Å². The van der Waals surface area contributed by atoms with E-state index in [2.05, 4.69) is 4.99 Å². The Morgan fingerprint density at radius 1 is 1.26 bits per heavy atom. The van der Waals surface area contributed by atoms with Crippen molar-refractivity contribution < 1.29 is 23.8 Å². The minimum Gasteiger partial charge on any atom is -0.486 e. The molecule has 0 radical (unpaired) electrons. The fourth-order valence-electron chi connectivity index (χ4n) is 1.39. The molecule has 1 aromatic heterocycles. The molecule has 0 bridgehead atoms. The van der Waals surface area contributed by atoms with Crippen LogP contribution in [0.4, 0.5) is 5.69 Å². The molecule has 0 spiro atoms. The predicted octanol–water partition coefficient (Wildman–Crippen LogP) is 2.52. The van der Waals surface area contributed by atoms with Crippen LogP contribution in [0.2, 0.25) is 0 Å². The van der Waals surface area contributed by atoms with E-state index < -0.39 is 5.97 Å². The van der Waals surface area contributed by atoms with Crippen LogP contribution in [0.5, 0.6) is 5.75 Å². The average molecular weight is 259 g/mol. The van der Waals surface area contributed by atoms with Crippen molar-refractivity contribution in [3.05, 3.63) is 47.9 Å². The maximum Gasteiger partial charge on any atom is 0.371 e. The zero-order valence-corrected chi connectivity index (χ0v) is 9.70. The van der Waals surface area contributed by atoms with E-state index in [-0.39, 0.29) is 12.4 Å². The van der Waals surface area contributed by atoms with Gasteiger partial charge in [0.1, 0.15) is 18.1 Å². The molecule has 0 aliphatic rings. The highest BCUT2D eigenvalue weighted by Gasteiger charge is 2.09. The van der Waals surface area contributed by atoms with Crippen molar-refractivity contribution in [2.45, 2.75) is 6.61 Å². The Labute approximate surface area is 108 Å². The Morgan fingerprint density at radius 2 is 2.00 bits per heavy atom. The van der Waals surface area contributed by atoms with Gasteiger partial charge in [-0.05, 0) is 36.4 Å². The number of isocyanates is 1. The lowest BCUT2D eigenvalue weighted by molar-refractivity contribution is 0.0658. The molecule has 6 heteroatoms. The molecule has 0 aliphatic carbocycles. The Kier molecular flexibility index (Phi) is 3.75. The SMILES string of the molecule is O=C=Nc1ccc(OCc2ccc(C(=O)O)o2)cc1. The summed E-state index contributed by atoms with van der Waals surface area (Å²) in [5.41, 5.74) is 0.480. The summed E-state index contributed by atoms with van der Waals surface area (Å²) in [4.78, 5) is 24.1. The minimum atomic E-state index is -1.12. The number of carboxylic acids is 1. The molecule has 0 saturated carbocycles. The van der Waals surface area contributed by atoms with Crippen LogP contribution in [0, 0.1) is 0 Å². The van der Waals surface area contributed by atoms with Gasteiger partial charge in [-0.2, -0.15) is 4.99 Å². The zero-order chi connectivity index (χ0) is 13.7. The maximum atomic E-state index is 10.6. The lowest BCUT2D eigenvalue weighted by Gasteiger charge is -2.03. The summed E-state index contributed by atoms with van der Waals surface area (Å²) in [5.74, 6) is -0.290. The third-order valence-electron chi connectivity index (χ3n) is 2.26. The first-order valence-electron chi connectivity index (χ1n) is 5.32. The molecule has 0 atom stereocenters. The van der Waals surface area contributed by atoms with Gasteiger partial charge in [0.2, 0.25) is 11.8 Å². The number of ether oxygens (including phenoxy) is 1. The largest absolute Gasteiger partial charge is 0.486 e. The van der Waals surface area contributed by atoms with Gasteiger partial charge in [0.05, 0.1) is 5.69 Å². The number of hydrogen-bond acceptors (Lipinski definition) is 5. The number of hydrogen-bond donors (Lipinski definition) is 1. The number of carboxylic acid groups (broad SMARTS) is 1. The fraction of sp³-hybridized carbons (Fsp3) is 0.0769. The minimum absolute atomic E-state index is 0.115. The lowest BCUT2D eigenvalue weighted by Crippen LogP contribution is -1.95. The smallest absolute Gasteiger partial charge is 0.371 e. The van der Waals surface area contributed by atoms with Gasteiger partial charge < -0.3 is 14.3 Å². The summed E-state index contributed by atoms with van der Waals surface area (Å²) in [7, 11) is 0. The Bertz CT molecular complexity index is 623. The number of nitrogens with zero attached hydrogens (tertiary/aromatic N) is 1. The van der Waals surface area contributed by atoms with Gasteiger partial charge in [0.15, 0.2) is 0 Å². The topological polar surface area (TPSA) is 89.1 Å². The number of aromatic carboxylic acids is 1. The highest BCUT2D eigenvalue weighted by Crippen LogP contribution is 2.19. The van der Waals surface area contributed by atoms with Gasteiger partial charge in [-0.25, -0.2) is 9.59 Å². The molecule has 2 rings (SSSR count). The Hall–Kier alpha value is -2.85. The summed E-state index contributed by atoms with van der Waals surface area (Å²) >= 11 is 0. The number of furan rings is 1.